The molecule has 1 fully saturated rings. The Balaban J connectivity index is 2.00. The molecule has 0 radical (unpaired) electrons. The maximum absolute atomic E-state index is 13.3. The predicted octanol–water partition coefficient (Wildman–Crippen LogP) is 4.82. The lowest BCUT2D eigenvalue weighted by atomic mass is 9.84. The quantitative estimate of drug-likeness (QED) is 0.669. The van der Waals surface area contributed by atoms with Crippen LogP contribution in [-0.4, -0.2) is 5.38 Å². The van der Waals surface area contributed by atoms with Gasteiger partial charge in [0.1, 0.15) is 5.82 Å². The zero-order chi connectivity index (χ0) is 11.5. The molecule has 0 nitrogen and oxygen atoms in total. The monoisotopic (exact) mass is 260 g/mol. The van der Waals surface area contributed by atoms with E-state index in [1.807, 2.05) is 6.07 Å². The second-order valence-electron chi connectivity index (χ2n) is 4.58. The molecule has 3 heteroatoms. The van der Waals surface area contributed by atoms with E-state index in [9.17, 15) is 4.39 Å². The van der Waals surface area contributed by atoms with E-state index in [1.54, 1.807) is 12.1 Å². The lowest BCUT2D eigenvalue weighted by molar-refractivity contribution is 0.361. The van der Waals surface area contributed by atoms with E-state index in [0.717, 1.165) is 24.8 Å². The van der Waals surface area contributed by atoms with Crippen molar-refractivity contribution in [1.82, 2.24) is 0 Å². The van der Waals surface area contributed by atoms with Gasteiger partial charge in [-0.05, 0) is 42.9 Å². The predicted molar refractivity (Wildman–Crippen MR) is 66.7 cm³/mol. The summed E-state index contributed by atoms with van der Waals surface area (Å²) in [6.45, 7) is 0. The van der Waals surface area contributed by atoms with Crippen molar-refractivity contribution in [3.8, 4) is 0 Å². The molecular weight excluding hydrogens is 246 g/mol. The van der Waals surface area contributed by atoms with Gasteiger partial charge in [-0.15, -0.1) is 11.6 Å². The first-order valence-electron chi connectivity index (χ1n) is 5.73. The van der Waals surface area contributed by atoms with Crippen LogP contribution in [0.5, 0.6) is 0 Å². The van der Waals surface area contributed by atoms with Gasteiger partial charge in [0, 0.05) is 5.38 Å². The van der Waals surface area contributed by atoms with Crippen LogP contribution in [0.4, 0.5) is 4.39 Å². The third-order valence-corrected chi connectivity index (χ3v) is 3.93. The van der Waals surface area contributed by atoms with Crippen molar-refractivity contribution in [3.05, 3.63) is 34.6 Å². The third kappa shape index (κ3) is 3.11. The normalized spacial score (nSPS) is 25.7. The third-order valence-electron chi connectivity index (χ3n) is 3.23. The Kier molecular flexibility index (Phi) is 4.10. The lowest BCUT2D eigenvalue weighted by Gasteiger charge is -2.25. The van der Waals surface area contributed by atoms with E-state index in [2.05, 4.69) is 0 Å². The van der Waals surface area contributed by atoms with Crippen LogP contribution >= 0.6 is 23.2 Å². The van der Waals surface area contributed by atoms with E-state index >= 15 is 0 Å². The first-order chi connectivity index (χ1) is 7.65. The average molecular weight is 261 g/mol. The van der Waals surface area contributed by atoms with Crippen molar-refractivity contribution in [1.29, 1.82) is 0 Å². The Bertz CT molecular complexity index is 365. The van der Waals surface area contributed by atoms with Gasteiger partial charge in [-0.1, -0.05) is 30.5 Å². The molecular formula is C13H15Cl2F. The summed E-state index contributed by atoms with van der Waals surface area (Å²) in [5.74, 6) is 0.272. The number of hydrogen-bond donors (Lipinski definition) is 0. The molecule has 88 valence electrons. The highest BCUT2D eigenvalue weighted by atomic mass is 35.5. The molecule has 2 atom stereocenters. The van der Waals surface area contributed by atoms with Gasteiger partial charge in [-0.2, -0.15) is 0 Å². The van der Waals surface area contributed by atoms with Crippen LogP contribution in [0.15, 0.2) is 18.2 Å². The fourth-order valence-corrected chi connectivity index (χ4v) is 2.93. The molecule has 0 amide bonds. The zero-order valence-electron chi connectivity index (χ0n) is 9.06. The van der Waals surface area contributed by atoms with E-state index in [0.29, 0.717) is 11.3 Å². The second kappa shape index (κ2) is 5.37. The molecule has 0 N–H and O–H groups in total. The molecule has 1 aliphatic rings. The van der Waals surface area contributed by atoms with Crippen molar-refractivity contribution < 1.29 is 4.39 Å². The topological polar surface area (TPSA) is 0 Å². The number of halogens is 3. The molecule has 1 aromatic rings. The van der Waals surface area contributed by atoms with Crippen molar-refractivity contribution >= 4 is 23.2 Å². The van der Waals surface area contributed by atoms with Crippen LogP contribution in [-0.2, 0) is 6.42 Å². The van der Waals surface area contributed by atoms with Gasteiger partial charge in [-0.25, -0.2) is 4.39 Å². The molecule has 0 saturated heterocycles. The van der Waals surface area contributed by atoms with E-state index in [-0.39, 0.29) is 10.8 Å². The summed E-state index contributed by atoms with van der Waals surface area (Å²) >= 11 is 11.8. The molecule has 0 aromatic heterocycles. The first-order valence-corrected chi connectivity index (χ1v) is 6.54. The Hall–Kier alpha value is -0.270. The summed E-state index contributed by atoms with van der Waals surface area (Å²) in [6.07, 6.45) is 5.47. The van der Waals surface area contributed by atoms with Crippen LogP contribution in [0.25, 0.3) is 0 Å². The van der Waals surface area contributed by atoms with Gasteiger partial charge in [0.25, 0.3) is 0 Å². The minimum absolute atomic E-state index is 0.197. The average Bonchev–Trinajstić information content (AvgIpc) is 2.24. The number of benzene rings is 1. The van der Waals surface area contributed by atoms with Crippen molar-refractivity contribution in [2.24, 2.45) is 5.92 Å². The molecule has 16 heavy (non-hydrogen) atoms. The molecule has 1 aromatic carbocycles. The van der Waals surface area contributed by atoms with E-state index < -0.39 is 0 Å². The van der Waals surface area contributed by atoms with Crippen LogP contribution in [0.1, 0.15) is 31.2 Å². The zero-order valence-corrected chi connectivity index (χ0v) is 10.6. The number of hydrogen-bond acceptors (Lipinski definition) is 0. The molecule has 1 aliphatic carbocycles. The summed E-state index contributed by atoms with van der Waals surface area (Å²) in [7, 11) is 0. The van der Waals surface area contributed by atoms with Gasteiger partial charge < -0.3 is 0 Å². The van der Waals surface area contributed by atoms with Crippen LogP contribution in [0.2, 0.25) is 5.02 Å². The Labute approximate surface area is 106 Å². The highest BCUT2D eigenvalue weighted by molar-refractivity contribution is 6.30. The highest BCUT2D eigenvalue weighted by Gasteiger charge is 2.20. The molecule has 0 bridgehead atoms. The minimum atomic E-state index is -0.322. The van der Waals surface area contributed by atoms with Crippen LogP contribution in [0, 0.1) is 11.7 Å². The maximum atomic E-state index is 13.3. The van der Waals surface area contributed by atoms with E-state index in [4.69, 9.17) is 23.2 Å². The summed E-state index contributed by atoms with van der Waals surface area (Å²) in [6, 6.07) is 5.08. The van der Waals surface area contributed by atoms with Crippen molar-refractivity contribution in [2.45, 2.75) is 37.5 Å². The van der Waals surface area contributed by atoms with Gasteiger partial charge in [-0.3, -0.25) is 0 Å². The minimum Gasteiger partial charge on any atom is -0.205 e. The van der Waals surface area contributed by atoms with E-state index in [1.165, 1.54) is 12.8 Å². The van der Waals surface area contributed by atoms with Gasteiger partial charge in [0.05, 0.1) is 5.02 Å². The standard InChI is InChI=1S/C13H15Cl2F/c14-11-3-1-2-9(7-11)6-10-4-5-12(15)13(16)8-10/h4-5,8-9,11H,1-3,6-7H2. The fraction of sp³-hybridized carbons (Fsp3) is 0.538. The van der Waals surface area contributed by atoms with Crippen LogP contribution in [0.3, 0.4) is 0 Å². The second-order valence-corrected chi connectivity index (χ2v) is 5.61. The van der Waals surface area contributed by atoms with Gasteiger partial charge in [0.15, 0.2) is 0 Å². The van der Waals surface area contributed by atoms with Gasteiger partial charge in [0.2, 0.25) is 0 Å². The summed E-state index contributed by atoms with van der Waals surface area (Å²) in [4.78, 5) is 0. The molecule has 2 unspecified atom stereocenters. The van der Waals surface area contributed by atoms with Crippen molar-refractivity contribution in [2.75, 3.05) is 0 Å². The smallest absolute Gasteiger partial charge is 0.142 e. The van der Waals surface area contributed by atoms with Gasteiger partial charge >= 0.3 is 0 Å². The summed E-state index contributed by atoms with van der Waals surface area (Å²) in [5, 5.41) is 0.499. The summed E-state index contributed by atoms with van der Waals surface area (Å²) < 4.78 is 13.3. The SMILES string of the molecule is Fc1cc(CC2CCCC(Cl)C2)ccc1Cl. The van der Waals surface area contributed by atoms with Crippen molar-refractivity contribution in [3.63, 3.8) is 0 Å². The molecule has 2 rings (SSSR count). The summed E-state index contributed by atoms with van der Waals surface area (Å²) in [5.41, 5.74) is 1.03. The fourth-order valence-electron chi connectivity index (χ4n) is 2.41. The Morgan fingerprint density at radius 3 is 2.81 bits per heavy atom. The largest absolute Gasteiger partial charge is 0.205 e. The molecule has 1 saturated carbocycles. The molecule has 0 aliphatic heterocycles. The lowest BCUT2D eigenvalue weighted by Crippen LogP contribution is -2.17. The Morgan fingerprint density at radius 1 is 1.31 bits per heavy atom. The first kappa shape index (κ1) is 12.2. The number of alkyl halides is 1. The number of rotatable bonds is 2. The maximum Gasteiger partial charge on any atom is 0.142 e. The Morgan fingerprint density at radius 2 is 2.12 bits per heavy atom. The highest BCUT2D eigenvalue weighted by Crippen LogP contribution is 2.30. The van der Waals surface area contributed by atoms with Crippen LogP contribution < -0.4 is 0 Å². The molecule has 0 heterocycles. The molecule has 0 spiro atoms.